The third-order valence-electron chi connectivity index (χ3n) is 7.62. The van der Waals surface area contributed by atoms with Crippen LogP contribution in [0.5, 0.6) is 11.5 Å². The monoisotopic (exact) mass is 631 g/mol. The van der Waals surface area contributed by atoms with E-state index in [2.05, 4.69) is 24.5 Å². The van der Waals surface area contributed by atoms with E-state index in [1.165, 1.54) is 12.1 Å². The Labute approximate surface area is 273 Å². The number of carbonyl (C=O) groups excluding carboxylic acids is 3. The summed E-state index contributed by atoms with van der Waals surface area (Å²) >= 11 is 0. The van der Waals surface area contributed by atoms with Crippen molar-refractivity contribution in [3.8, 4) is 11.5 Å². The van der Waals surface area contributed by atoms with Crippen LogP contribution in [0.25, 0.3) is 0 Å². The fraction of sp³-hybridized carbons (Fsp3) is 0.432. The molecule has 0 saturated heterocycles. The van der Waals surface area contributed by atoms with E-state index in [0.717, 1.165) is 17.5 Å². The Morgan fingerprint density at radius 3 is 2.09 bits per heavy atom. The Morgan fingerprint density at radius 1 is 0.891 bits per heavy atom. The number of benzene rings is 3. The van der Waals surface area contributed by atoms with Crippen LogP contribution < -0.4 is 15.4 Å². The van der Waals surface area contributed by atoms with E-state index in [1.807, 2.05) is 38.1 Å². The standard InChI is InChI=1S/C37H49N3O6/c1-24(2)13-14-26(4)40(35(43)32(39-36(44)46-37(5,6)7)23-27-15-19-29(41)20-16-27)33(31-12-10-9-11-25(31)3)34(42)38-28-17-21-30(45-8)22-18-28/h9-12,15-22,24,26,32-33,41H,13-14,23H2,1-8H3,(H,38,42)(H,39,44). The zero-order valence-electron chi connectivity index (χ0n) is 28.3. The summed E-state index contributed by atoms with van der Waals surface area (Å²) in [5, 5.41) is 15.7. The maximum Gasteiger partial charge on any atom is 0.408 e. The normalized spacial score (nSPS) is 13.3. The number of anilines is 1. The first-order valence-corrected chi connectivity index (χ1v) is 15.8. The summed E-state index contributed by atoms with van der Waals surface area (Å²) in [5.74, 6) is 0.304. The van der Waals surface area contributed by atoms with E-state index >= 15 is 0 Å². The second-order valence-corrected chi connectivity index (χ2v) is 13.1. The molecular weight excluding hydrogens is 582 g/mol. The number of amides is 3. The van der Waals surface area contributed by atoms with Crippen LogP contribution in [-0.2, 0) is 20.7 Å². The summed E-state index contributed by atoms with van der Waals surface area (Å²) in [7, 11) is 1.57. The predicted octanol–water partition coefficient (Wildman–Crippen LogP) is 7.18. The highest BCUT2D eigenvalue weighted by Gasteiger charge is 2.39. The third kappa shape index (κ3) is 10.5. The molecule has 9 nitrogen and oxygen atoms in total. The first-order chi connectivity index (χ1) is 21.7. The number of aryl methyl sites for hydroxylation is 1. The van der Waals surface area contributed by atoms with Crippen LogP contribution in [0.2, 0.25) is 0 Å². The maximum absolute atomic E-state index is 14.9. The number of rotatable bonds is 13. The van der Waals surface area contributed by atoms with Crippen molar-refractivity contribution in [2.75, 3.05) is 12.4 Å². The van der Waals surface area contributed by atoms with Gasteiger partial charge >= 0.3 is 6.09 Å². The molecule has 0 radical (unpaired) electrons. The Bertz CT molecular complexity index is 1450. The Kier molecular flexibility index (Phi) is 12.6. The van der Waals surface area contributed by atoms with Crippen LogP contribution >= 0.6 is 0 Å². The lowest BCUT2D eigenvalue weighted by Crippen LogP contribution is -2.55. The van der Waals surface area contributed by atoms with Crippen LogP contribution in [0.4, 0.5) is 10.5 Å². The van der Waals surface area contributed by atoms with E-state index in [-0.39, 0.29) is 24.1 Å². The minimum atomic E-state index is -1.07. The van der Waals surface area contributed by atoms with Gasteiger partial charge in [-0.25, -0.2) is 4.79 Å². The number of alkyl carbamates (subject to hydrolysis) is 1. The van der Waals surface area contributed by atoms with Gasteiger partial charge in [0.15, 0.2) is 0 Å². The zero-order chi connectivity index (χ0) is 34.0. The largest absolute Gasteiger partial charge is 0.508 e. The van der Waals surface area contributed by atoms with Gasteiger partial charge in [0.05, 0.1) is 7.11 Å². The Balaban J connectivity index is 2.14. The molecular formula is C37H49N3O6. The summed E-state index contributed by atoms with van der Waals surface area (Å²) < 4.78 is 10.8. The van der Waals surface area contributed by atoms with Crippen molar-refractivity contribution >= 4 is 23.6 Å². The lowest BCUT2D eigenvalue weighted by Gasteiger charge is -2.39. The zero-order valence-corrected chi connectivity index (χ0v) is 28.3. The molecule has 0 spiro atoms. The second kappa shape index (κ2) is 16.2. The number of nitrogens with zero attached hydrogens (tertiary/aromatic N) is 1. The Hall–Kier alpha value is -4.53. The van der Waals surface area contributed by atoms with Gasteiger partial charge in [0, 0.05) is 18.2 Å². The molecule has 3 amide bonds. The number of nitrogens with one attached hydrogen (secondary N) is 2. The van der Waals surface area contributed by atoms with Crippen molar-refractivity contribution in [1.82, 2.24) is 10.2 Å². The Morgan fingerprint density at radius 2 is 1.52 bits per heavy atom. The van der Waals surface area contributed by atoms with Crippen LogP contribution in [0, 0.1) is 12.8 Å². The number of phenols is 1. The molecule has 0 aliphatic heterocycles. The molecule has 0 fully saturated rings. The first-order valence-electron chi connectivity index (χ1n) is 15.8. The van der Waals surface area contributed by atoms with Gasteiger partial charge in [0.25, 0.3) is 5.91 Å². The lowest BCUT2D eigenvalue weighted by molar-refractivity contribution is -0.143. The maximum atomic E-state index is 14.9. The lowest BCUT2D eigenvalue weighted by atomic mass is 9.94. The molecule has 3 unspecified atom stereocenters. The van der Waals surface area contributed by atoms with E-state index in [0.29, 0.717) is 29.3 Å². The number of hydrogen-bond donors (Lipinski definition) is 3. The van der Waals surface area contributed by atoms with Crippen molar-refractivity contribution in [3.05, 3.63) is 89.5 Å². The van der Waals surface area contributed by atoms with Crippen molar-refractivity contribution in [1.29, 1.82) is 0 Å². The molecule has 0 aliphatic rings. The number of aromatic hydroxyl groups is 1. The molecule has 248 valence electrons. The average molecular weight is 632 g/mol. The van der Waals surface area contributed by atoms with Gasteiger partial charge in [-0.1, -0.05) is 50.2 Å². The molecule has 0 bridgehead atoms. The van der Waals surface area contributed by atoms with Gasteiger partial charge in [-0.05, 0) is 106 Å². The van der Waals surface area contributed by atoms with Crippen molar-refractivity contribution < 1.29 is 29.0 Å². The summed E-state index contributed by atoms with van der Waals surface area (Å²) in [6, 6.07) is 18.5. The van der Waals surface area contributed by atoms with Crippen LogP contribution in [0.3, 0.4) is 0 Å². The first kappa shape index (κ1) is 35.9. The molecule has 0 aliphatic carbocycles. The second-order valence-electron chi connectivity index (χ2n) is 13.1. The van der Waals surface area contributed by atoms with Gasteiger partial charge < -0.3 is 30.1 Å². The van der Waals surface area contributed by atoms with Crippen molar-refractivity contribution in [2.24, 2.45) is 5.92 Å². The molecule has 46 heavy (non-hydrogen) atoms. The number of hydrogen-bond acceptors (Lipinski definition) is 6. The van der Waals surface area contributed by atoms with E-state index in [9.17, 15) is 19.5 Å². The fourth-order valence-electron chi connectivity index (χ4n) is 5.21. The van der Waals surface area contributed by atoms with Crippen LogP contribution in [0.1, 0.15) is 77.1 Å². The molecule has 0 heterocycles. The summed E-state index contributed by atoms with van der Waals surface area (Å²) in [4.78, 5) is 44.0. The summed E-state index contributed by atoms with van der Waals surface area (Å²) in [6.45, 7) is 13.3. The minimum Gasteiger partial charge on any atom is -0.508 e. The van der Waals surface area contributed by atoms with E-state index < -0.39 is 29.7 Å². The molecule has 3 aromatic rings. The summed E-state index contributed by atoms with van der Waals surface area (Å²) in [6.07, 6.45) is 0.842. The quantitative estimate of drug-likeness (QED) is 0.184. The highest BCUT2D eigenvalue weighted by molar-refractivity contribution is 5.99. The number of methoxy groups -OCH3 is 1. The van der Waals surface area contributed by atoms with Crippen molar-refractivity contribution in [2.45, 2.75) is 91.5 Å². The molecule has 3 aromatic carbocycles. The SMILES string of the molecule is COc1ccc(NC(=O)C(c2ccccc2C)N(C(=O)C(Cc2ccc(O)cc2)NC(=O)OC(C)(C)C)C(C)CCC(C)C)cc1. The van der Waals surface area contributed by atoms with Gasteiger partial charge in [0.2, 0.25) is 5.91 Å². The molecule has 9 heteroatoms. The predicted molar refractivity (Wildman–Crippen MR) is 181 cm³/mol. The summed E-state index contributed by atoms with van der Waals surface area (Å²) in [5.41, 5.74) is 2.01. The van der Waals surface area contributed by atoms with Gasteiger partial charge in [0.1, 0.15) is 29.2 Å². The van der Waals surface area contributed by atoms with Crippen LogP contribution in [-0.4, -0.2) is 52.7 Å². The molecule has 3 rings (SSSR count). The highest BCUT2D eigenvalue weighted by atomic mass is 16.6. The van der Waals surface area contributed by atoms with Crippen molar-refractivity contribution in [3.63, 3.8) is 0 Å². The topological polar surface area (TPSA) is 117 Å². The van der Waals surface area contributed by atoms with Gasteiger partial charge in [-0.15, -0.1) is 0 Å². The van der Waals surface area contributed by atoms with Gasteiger partial charge in [-0.2, -0.15) is 0 Å². The number of carbonyl (C=O) groups is 3. The fourth-order valence-corrected chi connectivity index (χ4v) is 5.21. The molecule has 0 saturated carbocycles. The molecule has 3 N–H and O–H groups in total. The highest BCUT2D eigenvalue weighted by Crippen LogP contribution is 2.31. The molecule has 3 atom stereocenters. The molecule has 0 aromatic heterocycles. The smallest absolute Gasteiger partial charge is 0.408 e. The number of ether oxygens (including phenoxy) is 2. The van der Waals surface area contributed by atoms with Gasteiger partial charge in [-0.3, -0.25) is 9.59 Å². The van der Waals surface area contributed by atoms with Crippen LogP contribution in [0.15, 0.2) is 72.8 Å². The van der Waals surface area contributed by atoms with E-state index in [1.54, 1.807) is 69.2 Å². The minimum absolute atomic E-state index is 0.0884. The third-order valence-corrected chi connectivity index (χ3v) is 7.62. The van der Waals surface area contributed by atoms with E-state index in [4.69, 9.17) is 9.47 Å². The number of phenolic OH excluding ortho intramolecular Hbond substituents is 1. The average Bonchev–Trinajstić information content (AvgIpc) is 2.99.